The number of piperazine rings is 1. The number of carbonyl (C=O) groups excluding carboxylic acids is 1. The van der Waals surface area contributed by atoms with Crippen LogP contribution in [0, 0.1) is 0 Å². The van der Waals surface area contributed by atoms with E-state index in [9.17, 15) is 4.79 Å². The number of rotatable bonds is 1. The van der Waals surface area contributed by atoms with Crippen LogP contribution in [-0.4, -0.2) is 49.7 Å². The van der Waals surface area contributed by atoms with Crippen molar-refractivity contribution in [3.05, 3.63) is 24.3 Å². The molecule has 102 valence electrons. The summed E-state index contributed by atoms with van der Waals surface area (Å²) in [6.07, 6.45) is 0.166. The second-order valence-corrected chi connectivity index (χ2v) is 4.77. The Bertz CT molecular complexity index is 458. The van der Waals surface area contributed by atoms with Gasteiger partial charge in [-0.3, -0.25) is 4.79 Å². The van der Waals surface area contributed by atoms with Crippen LogP contribution in [-0.2, 0) is 4.79 Å². The summed E-state index contributed by atoms with van der Waals surface area (Å²) in [6, 6.07) is 7.51. The van der Waals surface area contributed by atoms with Gasteiger partial charge >= 0.3 is 0 Å². The van der Waals surface area contributed by atoms with Crippen LogP contribution in [0.4, 0.5) is 0 Å². The first kappa shape index (κ1) is 12.3. The molecule has 19 heavy (non-hydrogen) atoms. The van der Waals surface area contributed by atoms with Gasteiger partial charge in [0.25, 0.3) is 5.91 Å². The van der Waals surface area contributed by atoms with E-state index in [1.807, 2.05) is 29.2 Å². The minimum Gasteiger partial charge on any atom is -0.490 e. The number of hydrogen-bond acceptors (Lipinski definition) is 4. The molecule has 5 nitrogen and oxygen atoms in total. The Morgan fingerprint density at radius 3 is 2.74 bits per heavy atom. The average molecular weight is 262 g/mol. The summed E-state index contributed by atoms with van der Waals surface area (Å²) < 4.78 is 11.4. The highest BCUT2D eigenvalue weighted by Crippen LogP contribution is 2.30. The number of nitrogens with zero attached hydrogens (tertiary/aromatic N) is 1. The molecule has 1 amide bonds. The molecule has 3 rings (SSSR count). The number of ether oxygens (including phenoxy) is 2. The Kier molecular flexibility index (Phi) is 3.55. The number of benzene rings is 1. The van der Waals surface area contributed by atoms with Gasteiger partial charge in [-0.05, 0) is 12.1 Å². The third-order valence-electron chi connectivity index (χ3n) is 3.46. The van der Waals surface area contributed by atoms with E-state index >= 15 is 0 Å². The zero-order valence-electron chi connectivity index (χ0n) is 10.8. The number of amides is 1. The van der Waals surface area contributed by atoms with E-state index in [4.69, 9.17) is 9.47 Å². The first-order valence-electron chi connectivity index (χ1n) is 6.72. The highest BCUT2D eigenvalue weighted by atomic mass is 16.5. The summed E-state index contributed by atoms with van der Waals surface area (Å²) >= 11 is 0. The molecule has 1 unspecified atom stereocenters. The summed E-state index contributed by atoms with van der Waals surface area (Å²) in [7, 11) is 0. The minimum atomic E-state index is -0.429. The van der Waals surface area contributed by atoms with Gasteiger partial charge in [-0.15, -0.1) is 0 Å². The van der Waals surface area contributed by atoms with E-state index in [0.717, 1.165) is 31.9 Å². The maximum Gasteiger partial charge on any atom is 0.263 e. The Labute approximate surface area is 112 Å². The maximum absolute atomic E-state index is 12.4. The van der Waals surface area contributed by atoms with Crippen LogP contribution >= 0.6 is 0 Å². The van der Waals surface area contributed by atoms with Gasteiger partial charge in [-0.2, -0.15) is 0 Å². The second-order valence-electron chi connectivity index (χ2n) is 4.77. The van der Waals surface area contributed by atoms with E-state index in [0.29, 0.717) is 18.8 Å². The molecule has 0 bridgehead atoms. The summed E-state index contributed by atoms with van der Waals surface area (Å²) in [4.78, 5) is 14.3. The monoisotopic (exact) mass is 262 g/mol. The lowest BCUT2D eigenvalue weighted by Crippen LogP contribution is -2.51. The van der Waals surface area contributed by atoms with Crippen LogP contribution in [0.15, 0.2) is 24.3 Å². The molecule has 1 N–H and O–H groups in total. The van der Waals surface area contributed by atoms with Crippen molar-refractivity contribution in [2.45, 2.75) is 12.5 Å². The van der Waals surface area contributed by atoms with Crippen LogP contribution in [0.25, 0.3) is 0 Å². The minimum absolute atomic E-state index is 0.0711. The van der Waals surface area contributed by atoms with Crippen LogP contribution in [0.3, 0.4) is 0 Å². The van der Waals surface area contributed by atoms with Gasteiger partial charge in [0.1, 0.15) is 0 Å². The van der Waals surface area contributed by atoms with Crippen molar-refractivity contribution in [1.82, 2.24) is 10.2 Å². The summed E-state index contributed by atoms with van der Waals surface area (Å²) in [5, 5.41) is 3.24. The zero-order chi connectivity index (χ0) is 13.1. The number of carbonyl (C=O) groups is 1. The van der Waals surface area contributed by atoms with Crippen molar-refractivity contribution in [3.63, 3.8) is 0 Å². The first-order valence-corrected chi connectivity index (χ1v) is 6.72. The predicted octanol–water partition coefficient (Wildman–Crippen LogP) is 0.648. The van der Waals surface area contributed by atoms with Crippen molar-refractivity contribution in [1.29, 1.82) is 0 Å². The van der Waals surface area contributed by atoms with Crippen LogP contribution < -0.4 is 14.8 Å². The molecule has 0 radical (unpaired) electrons. The van der Waals surface area contributed by atoms with Crippen molar-refractivity contribution in [3.8, 4) is 11.5 Å². The van der Waals surface area contributed by atoms with E-state index in [1.165, 1.54) is 0 Å². The van der Waals surface area contributed by atoms with E-state index in [-0.39, 0.29) is 5.91 Å². The fourth-order valence-corrected chi connectivity index (χ4v) is 2.42. The topological polar surface area (TPSA) is 50.8 Å². The molecule has 2 heterocycles. The molecule has 2 aliphatic heterocycles. The standard InChI is InChI=1S/C14H18N2O3/c17-14(16-8-6-15-7-9-16)13-5-10-18-11-3-1-2-4-12(11)19-13/h1-4,13,15H,5-10H2. The molecule has 1 atom stereocenters. The van der Waals surface area contributed by atoms with E-state index in [2.05, 4.69) is 5.32 Å². The molecule has 1 saturated heterocycles. The molecule has 2 aliphatic rings. The normalized spacial score (nSPS) is 22.7. The average Bonchev–Trinajstić information content (AvgIpc) is 2.69. The Morgan fingerprint density at radius 2 is 1.95 bits per heavy atom. The van der Waals surface area contributed by atoms with Gasteiger partial charge in [0.2, 0.25) is 0 Å². The first-order chi connectivity index (χ1) is 9.34. The second kappa shape index (κ2) is 5.48. The molecule has 0 aliphatic carbocycles. The van der Waals surface area contributed by atoms with Crippen molar-refractivity contribution < 1.29 is 14.3 Å². The van der Waals surface area contributed by atoms with Crippen molar-refractivity contribution in [2.24, 2.45) is 0 Å². The molecule has 0 saturated carbocycles. The fourth-order valence-electron chi connectivity index (χ4n) is 2.42. The number of hydrogen-bond donors (Lipinski definition) is 1. The summed E-state index contributed by atoms with van der Waals surface area (Å²) in [5.41, 5.74) is 0. The molecular formula is C14H18N2O3. The number of nitrogens with one attached hydrogen (secondary N) is 1. The molecule has 0 spiro atoms. The molecule has 1 aromatic rings. The number of para-hydroxylation sites is 2. The van der Waals surface area contributed by atoms with Gasteiger partial charge in [0.05, 0.1) is 6.61 Å². The lowest BCUT2D eigenvalue weighted by molar-refractivity contribution is -0.139. The van der Waals surface area contributed by atoms with Crippen molar-refractivity contribution in [2.75, 3.05) is 32.8 Å². The van der Waals surface area contributed by atoms with Gasteiger partial charge in [0, 0.05) is 32.6 Å². The Morgan fingerprint density at radius 1 is 1.21 bits per heavy atom. The highest BCUT2D eigenvalue weighted by molar-refractivity contribution is 5.81. The van der Waals surface area contributed by atoms with Gasteiger partial charge < -0.3 is 19.7 Å². The zero-order valence-corrected chi connectivity index (χ0v) is 10.8. The van der Waals surface area contributed by atoms with Gasteiger partial charge in [-0.25, -0.2) is 0 Å². The van der Waals surface area contributed by atoms with Crippen LogP contribution in [0.2, 0.25) is 0 Å². The quantitative estimate of drug-likeness (QED) is 0.807. The van der Waals surface area contributed by atoms with Crippen LogP contribution in [0.1, 0.15) is 6.42 Å². The van der Waals surface area contributed by atoms with E-state index < -0.39 is 6.10 Å². The summed E-state index contributed by atoms with van der Waals surface area (Å²) in [6.45, 7) is 3.72. The maximum atomic E-state index is 12.4. The highest BCUT2D eigenvalue weighted by Gasteiger charge is 2.29. The largest absolute Gasteiger partial charge is 0.490 e. The summed E-state index contributed by atoms with van der Waals surface area (Å²) in [5.74, 6) is 1.45. The van der Waals surface area contributed by atoms with Gasteiger partial charge in [-0.1, -0.05) is 12.1 Å². The smallest absolute Gasteiger partial charge is 0.263 e. The van der Waals surface area contributed by atoms with Crippen molar-refractivity contribution >= 4 is 5.91 Å². The number of fused-ring (bicyclic) bond motifs is 1. The molecule has 1 fully saturated rings. The third-order valence-corrected chi connectivity index (χ3v) is 3.46. The third kappa shape index (κ3) is 2.66. The Balaban J connectivity index is 1.73. The molecule has 0 aromatic heterocycles. The molecule has 5 heteroatoms. The van der Waals surface area contributed by atoms with Gasteiger partial charge in [0.15, 0.2) is 17.6 Å². The molecule has 1 aromatic carbocycles. The fraction of sp³-hybridized carbons (Fsp3) is 0.500. The lowest BCUT2D eigenvalue weighted by atomic mass is 10.2. The lowest BCUT2D eigenvalue weighted by Gasteiger charge is -2.30. The molecular weight excluding hydrogens is 244 g/mol. The SMILES string of the molecule is O=C(C1CCOc2ccccc2O1)N1CCNCC1. The predicted molar refractivity (Wildman–Crippen MR) is 70.4 cm³/mol. The van der Waals surface area contributed by atoms with E-state index in [1.54, 1.807) is 0 Å². The van der Waals surface area contributed by atoms with Crippen LogP contribution in [0.5, 0.6) is 11.5 Å². The Hall–Kier alpha value is -1.75.